The Balaban J connectivity index is 2.44. The molecule has 1 rings (SSSR count). The van der Waals surface area contributed by atoms with E-state index >= 15 is 0 Å². The maximum Gasteiger partial charge on any atom is 0.307 e. The van der Waals surface area contributed by atoms with E-state index in [0.29, 0.717) is 6.54 Å². The molecule has 0 bridgehead atoms. The molecule has 0 N–H and O–H groups in total. The van der Waals surface area contributed by atoms with Gasteiger partial charge < -0.3 is 9.64 Å². The molecule has 0 saturated carbocycles. The van der Waals surface area contributed by atoms with Gasteiger partial charge in [0.15, 0.2) is 0 Å². The predicted octanol–water partition coefficient (Wildman–Crippen LogP) is 2.09. The van der Waals surface area contributed by atoms with Crippen molar-refractivity contribution in [1.82, 2.24) is 4.90 Å². The van der Waals surface area contributed by atoms with Gasteiger partial charge in [0, 0.05) is 29.4 Å². The number of esters is 1. The summed E-state index contributed by atoms with van der Waals surface area (Å²) in [7, 11) is 3.00. The molecule has 1 heterocycles. The van der Waals surface area contributed by atoms with Crippen LogP contribution in [0.1, 0.15) is 16.2 Å². The van der Waals surface area contributed by atoms with E-state index in [-0.39, 0.29) is 18.3 Å². The van der Waals surface area contributed by atoms with E-state index in [4.69, 9.17) is 0 Å². The van der Waals surface area contributed by atoms with Crippen LogP contribution in [0.4, 0.5) is 0 Å². The smallest absolute Gasteiger partial charge is 0.307 e. The van der Waals surface area contributed by atoms with Crippen molar-refractivity contribution in [1.29, 1.82) is 0 Å². The minimum Gasteiger partial charge on any atom is -0.469 e. The maximum atomic E-state index is 11.7. The summed E-state index contributed by atoms with van der Waals surface area (Å²) >= 11 is 1.63. The minimum absolute atomic E-state index is 0.120. The van der Waals surface area contributed by atoms with Gasteiger partial charge in [0.1, 0.15) is 0 Å². The van der Waals surface area contributed by atoms with Gasteiger partial charge in [0.2, 0.25) is 5.91 Å². The highest BCUT2D eigenvalue weighted by Crippen LogP contribution is 2.16. The standard InChI is InChI=1S/C13H17NO3S/c1-10-4-5-11(18-10)6-7-12(15)14(2)9-8-13(16)17-3/h4-7H,8-9H2,1-3H3. The van der Waals surface area contributed by atoms with Crippen molar-refractivity contribution in [2.75, 3.05) is 20.7 Å². The lowest BCUT2D eigenvalue weighted by Crippen LogP contribution is -2.27. The number of likely N-dealkylation sites (N-methyl/N-ethyl adjacent to an activating group) is 1. The molecule has 1 aromatic rings. The Bertz CT molecular complexity index is 451. The number of amides is 1. The Morgan fingerprint density at radius 3 is 2.72 bits per heavy atom. The quantitative estimate of drug-likeness (QED) is 0.606. The molecular weight excluding hydrogens is 250 g/mol. The molecule has 4 nitrogen and oxygen atoms in total. The number of ether oxygens (including phenoxy) is 1. The van der Waals surface area contributed by atoms with Crippen molar-refractivity contribution in [3.05, 3.63) is 28.0 Å². The molecule has 98 valence electrons. The summed E-state index contributed by atoms with van der Waals surface area (Å²) in [4.78, 5) is 26.4. The molecule has 0 spiro atoms. The molecule has 0 unspecified atom stereocenters. The van der Waals surface area contributed by atoms with Gasteiger partial charge in [-0.05, 0) is 25.1 Å². The molecule has 5 heteroatoms. The summed E-state index contributed by atoms with van der Waals surface area (Å²) in [5.41, 5.74) is 0. The summed E-state index contributed by atoms with van der Waals surface area (Å²) in [5.74, 6) is -0.433. The fourth-order valence-corrected chi connectivity index (χ4v) is 2.07. The first-order chi connectivity index (χ1) is 8.52. The monoisotopic (exact) mass is 267 g/mol. The number of rotatable bonds is 5. The van der Waals surface area contributed by atoms with Gasteiger partial charge in [-0.15, -0.1) is 11.3 Å². The van der Waals surface area contributed by atoms with E-state index in [1.165, 1.54) is 23.0 Å². The van der Waals surface area contributed by atoms with Crippen LogP contribution in [-0.2, 0) is 14.3 Å². The van der Waals surface area contributed by atoms with Gasteiger partial charge in [-0.3, -0.25) is 9.59 Å². The van der Waals surface area contributed by atoms with Gasteiger partial charge in [0.05, 0.1) is 13.5 Å². The summed E-state index contributed by atoms with van der Waals surface area (Å²) in [6.45, 7) is 2.38. The summed E-state index contributed by atoms with van der Waals surface area (Å²) in [5, 5.41) is 0. The molecule has 0 radical (unpaired) electrons. The van der Waals surface area contributed by atoms with Crippen molar-refractivity contribution < 1.29 is 14.3 Å². The van der Waals surface area contributed by atoms with E-state index in [1.807, 2.05) is 19.1 Å². The van der Waals surface area contributed by atoms with E-state index < -0.39 is 0 Å². The van der Waals surface area contributed by atoms with Crippen LogP contribution in [0.3, 0.4) is 0 Å². The minimum atomic E-state index is -0.312. The van der Waals surface area contributed by atoms with Crippen LogP contribution in [-0.4, -0.2) is 37.5 Å². The topological polar surface area (TPSA) is 46.6 Å². The van der Waals surface area contributed by atoms with E-state index in [2.05, 4.69) is 4.74 Å². The largest absolute Gasteiger partial charge is 0.469 e. The van der Waals surface area contributed by atoms with Crippen LogP contribution in [0.25, 0.3) is 6.08 Å². The zero-order valence-electron chi connectivity index (χ0n) is 10.8. The lowest BCUT2D eigenvalue weighted by atomic mass is 10.3. The second-order valence-electron chi connectivity index (χ2n) is 3.87. The number of hydrogen-bond acceptors (Lipinski definition) is 4. The van der Waals surface area contributed by atoms with Crippen molar-refractivity contribution in [2.24, 2.45) is 0 Å². The molecule has 1 amide bonds. The third-order valence-electron chi connectivity index (χ3n) is 2.41. The SMILES string of the molecule is COC(=O)CCN(C)C(=O)C=Cc1ccc(C)s1. The molecule has 18 heavy (non-hydrogen) atoms. The normalized spacial score (nSPS) is 10.6. The van der Waals surface area contributed by atoms with Gasteiger partial charge in [-0.2, -0.15) is 0 Å². The second kappa shape index (κ2) is 6.96. The van der Waals surface area contributed by atoms with Crippen molar-refractivity contribution in [3.63, 3.8) is 0 Å². The van der Waals surface area contributed by atoms with Gasteiger partial charge in [-0.25, -0.2) is 0 Å². The van der Waals surface area contributed by atoms with Gasteiger partial charge >= 0.3 is 5.97 Å². The Labute approximate surface area is 111 Å². The summed E-state index contributed by atoms with van der Waals surface area (Å²) < 4.78 is 4.52. The van der Waals surface area contributed by atoms with Crippen molar-refractivity contribution >= 4 is 29.3 Å². The first-order valence-electron chi connectivity index (χ1n) is 5.59. The Hall–Kier alpha value is -1.62. The van der Waals surface area contributed by atoms with Crippen LogP contribution < -0.4 is 0 Å². The molecule has 0 aromatic carbocycles. The van der Waals surface area contributed by atoms with Crippen LogP contribution in [0, 0.1) is 6.92 Å². The third kappa shape index (κ3) is 4.71. The fourth-order valence-electron chi connectivity index (χ4n) is 1.29. The van der Waals surface area contributed by atoms with Gasteiger partial charge in [-0.1, -0.05) is 0 Å². The number of methoxy groups -OCH3 is 1. The number of carbonyl (C=O) groups excluding carboxylic acids is 2. The maximum absolute atomic E-state index is 11.7. The van der Waals surface area contributed by atoms with Crippen LogP contribution in [0.15, 0.2) is 18.2 Å². The highest BCUT2D eigenvalue weighted by atomic mass is 32.1. The molecule has 0 aliphatic heterocycles. The average Bonchev–Trinajstić information content (AvgIpc) is 2.78. The lowest BCUT2D eigenvalue weighted by Gasteiger charge is -2.13. The Kier molecular flexibility index (Phi) is 5.58. The van der Waals surface area contributed by atoms with Crippen LogP contribution in [0.5, 0.6) is 0 Å². The third-order valence-corrected chi connectivity index (χ3v) is 3.37. The van der Waals surface area contributed by atoms with E-state index in [1.54, 1.807) is 24.5 Å². The molecule has 0 saturated heterocycles. The highest BCUT2D eigenvalue weighted by Gasteiger charge is 2.07. The molecule has 0 fully saturated rings. The molecule has 0 aliphatic carbocycles. The lowest BCUT2D eigenvalue weighted by molar-refractivity contribution is -0.141. The van der Waals surface area contributed by atoms with E-state index in [0.717, 1.165) is 4.88 Å². The zero-order valence-corrected chi connectivity index (χ0v) is 11.6. The summed E-state index contributed by atoms with van der Waals surface area (Å²) in [6.07, 6.45) is 3.52. The Morgan fingerprint density at radius 1 is 1.44 bits per heavy atom. The number of nitrogens with zero attached hydrogens (tertiary/aromatic N) is 1. The van der Waals surface area contributed by atoms with E-state index in [9.17, 15) is 9.59 Å². The Morgan fingerprint density at radius 2 is 2.17 bits per heavy atom. The predicted molar refractivity (Wildman–Crippen MR) is 72.4 cm³/mol. The van der Waals surface area contributed by atoms with Crippen molar-refractivity contribution in [3.8, 4) is 0 Å². The molecule has 0 atom stereocenters. The summed E-state index contributed by atoms with van der Waals surface area (Å²) in [6, 6.07) is 3.98. The molecule has 0 aliphatic rings. The van der Waals surface area contributed by atoms with Crippen molar-refractivity contribution in [2.45, 2.75) is 13.3 Å². The number of carbonyl (C=O) groups is 2. The fraction of sp³-hybridized carbons (Fsp3) is 0.385. The first-order valence-corrected chi connectivity index (χ1v) is 6.41. The number of hydrogen-bond donors (Lipinski definition) is 0. The first kappa shape index (κ1) is 14.4. The van der Waals surface area contributed by atoms with Gasteiger partial charge in [0.25, 0.3) is 0 Å². The van der Waals surface area contributed by atoms with Crippen LogP contribution >= 0.6 is 11.3 Å². The second-order valence-corrected chi connectivity index (χ2v) is 5.19. The molecule has 1 aromatic heterocycles. The molecular formula is C13H17NO3S. The zero-order chi connectivity index (χ0) is 13.5. The highest BCUT2D eigenvalue weighted by molar-refractivity contribution is 7.12. The number of aryl methyl sites for hydroxylation is 1. The average molecular weight is 267 g/mol. The van der Waals surface area contributed by atoms with Crippen LogP contribution in [0.2, 0.25) is 0 Å². The number of thiophene rings is 1.